The molecule has 0 radical (unpaired) electrons. The van der Waals surface area contributed by atoms with Crippen LogP contribution in [0.2, 0.25) is 0 Å². The van der Waals surface area contributed by atoms with Crippen LogP contribution in [-0.2, 0) is 0 Å². The summed E-state index contributed by atoms with van der Waals surface area (Å²) in [5.41, 5.74) is 1.28. The van der Waals surface area contributed by atoms with E-state index in [0.717, 1.165) is 18.4 Å². The molecule has 0 aromatic carbocycles. The van der Waals surface area contributed by atoms with E-state index in [1.165, 1.54) is 10.6 Å². The van der Waals surface area contributed by atoms with Gasteiger partial charge in [0.25, 0.3) is 11.5 Å². The van der Waals surface area contributed by atoms with Gasteiger partial charge in [0.05, 0.1) is 0 Å². The number of aromatic nitrogens is 2. The van der Waals surface area contributed by atoms with Crippen molar-refractivity contribution < 1.29 is 4.79 Å². The maximum absolute atomic E-state index is 12.2. The number of nitrogens with one attached hydrogen (secondary N) is 1. The van der Waals surface area contributed by atoms with E-state index in [9.17, 15) is 9.59 Å². The molecule has 5 nitrogen and oxygen atoms in total. The average molecular weight is 243 g/mol. The molecule has 1 amide bonds. The number of amides is 1. The minimum Gasteiger partial charge on any atom is -0.349 e. The normalized spacial score (nSPS) is 14.7. The van der Waals surface area contributed by atoms with Gasteiger partial charge in [0, 0.05) is 18.4 Å². The van der Waals surface area contributed by atoms with Crippen LogP contribution in [0.5, 0.6) is 0 Å². The Bertz CT molecular complexity index is 686. The van der Waals surface area contributed by atoms with Crippen molar-refractivity contribution in [1.82, 2.24) is 14.7 Å². The van der Waals surface area contributed by atoms with Crippen LogP contribution >= 0.6 is 0 Å². The van der Waals surface area contributed by atoms with Crippen molar-refractivity contribution in [2.24, 2.45) is 0 Å². The number of pyridine rings is 1. The predicted molar refractivity (Wildman–Crippen MR) is 66.7 cm³/mol. The average Bonchev–Trinajstić information content (AvgIpc) is 3.14. The first-order chi connectivity index (χ1) is 8.65. The number of carbonyl (C=O) groups excluding carboxylic acids is 1. The summed E-state index contributed by atoms with van der Waals surface area (Å²) in [5, 5.41) is 2.80. The first kappa shape index (κ1) is 11.0. The molecule has 92 valence electrons. The van der Waals surface area contributed by atoms with Crippen LogP contribution in [0.4, 0.5) is 0 Å². The Morgan fingerprint density at radius 2 is 2.22 bits per heavy atom. The van der Waals surface area contributed by atoms with Crippen LogP contribution in [0.1, 0.15) is 28.8 Å². The van der Waals surface area contributed by atoms with Crippen molar-refractivity contribution >= 4 is 11.6 Å². The lowest BCUT2D eigenvalue weighted by Crippen LogP contribution is -2.32. The quantitative estimate of drug-likeness (QED) is 0.852. The lowest BCUT2D eigenvalue weighted by atomic mass is 10.2. The molecule has 1 N–H and O–H groups in total. The lowest BCUT2D eigenvalue weighted by Gasteiger charge is -2.05. The maximum Gasteiger partial charge on any atom is 0.270 e. The van der Waals surface area contributed by atoms with Crippen LogP contribution in [-0.4, -0.2) is 21.3 Å². The highest BCUT2D eigenvalue weighted by atomic mass is 16.2. The van der Waals surface area contributed by atoms with Gasteiger partial charge in [-0.15, -0.1) is 0 Å². The van der Waals surface area contributed by atoms with E-state index < -0.39 is 0 Å². The lowest BCUT2D eigenvalue weighted by molar-refractivity contribution is 0.0949. The predicted octanol–water partition coefficient (Wildman–Crippen LogP) is 0.895. The Morgan fingerprint density at radius 1 is 1.44 bits per heavy atom. The highest BCUT2D eigenvalue weighted by molar-refractivity contribution is 5.94. The molecule has 0 aliphatic heterocycles. The third-order valence-electron chi connectivity index (χ3n) is 3.01. The third-order valence-corrected chi connectivity index (χ3v) is 3.01. The Labute approximate surface area is 103 Å². The van der Waals surface area contributed by atoms with Crippen LogP contribution in [0.15, 0.2) is 29.3 Å². The highest BCUT2D eigenvalue weighted by Crippen LogP contribution is 2.18. The number of nitrogens with zero attached hydrogens (tertiary/aromatic N) is 2. The van der Waals surface area contributed by atoms with Crippen molar-refractivity contribution in [3.05, 3.63) is 46.0 Å². The Kier molecular flexibility index (Phi) is 2.40. The van der Waals surface area contributed by atoms with Crippen LogP contribution in [0.25, 0.3) is 5.65 Å². The van der Waals surface area contributed by atoms with Crippen molar-refractivity contribution in [2.45, 2.75) is 25.8 Å². The maximum atomic E-state index is 12.2. The second-order valence-corrected chi connectivity index (χ2v) is 4.66. The van der Waals surface area contributed by atoms with Gasteiger partial charge in [0.2, 0.25) is 0 Å². The summed E-state index contributed by atoms with van der Waals surface area (Å²) in [6.45, 7) is 1.89. The molecular weight excluding hydrogens is 230 g/mol. The number of rotatable bonds is 2. The summed E-state index contributed by atoms with van der Waals surface area (Å²) < 4.78 is 1.41. The first-order valence-corrected chi connectivity index (χ1v) is 5.94. The smallest absolute Gasteiger partial charge is 0.270 e. The van der Waals surface area contributed by atoms with E-state index in [4.69, 9.17) is 0 Å². The second-order valence-electron chi connectivity index (χ2n) is 4.66. The fourth-order valence-electron chi connectivity index (χ4n) is 1.83. The first-order valence-electron chi connectivity index (χ1n) is 5.94. The number of hydrogen-bond acceptors (Lipinski definition) is 3. The van der Waals surface area contributed by atoms with Crippen molar-refractivity contribution in [3.8, 4) is 0 Å². The summed E-state index contributed by atoms with van der Waals surface area (Å²) in [7, 11) is 0. The summed E-state index contributed by atoms with van der Waals surface area (Å²) >= 11 is 0. The van der Waals surface area contributed by atoms with Crippen molar-refractivity contribution in [3.63, 3.8) is 0 Å². The van der Waals surface area contributed by atoms with Gasteiger partial charge in [-0.3, -0.25) is 14.0 Å². The molecule has 18 heavy (non-hydrogen) atoms. The topological polar surface area (TPSA) is 63.5 Å². The molecule has 1 fully saturated rings. The van der Waals surface area contributed by atoms with E-state index in [0.29, 0.717) is 5.65 Å². The summed E-state index contributed by atoms with van der Waals surface area (Å²) in [6, 6.07) is 3.88. The van der Waals surface area contributed by atoms with E-state index in [1.54, 1.807) is 12.3 Å². The van der Waals surface area contributed by atoms with Crippen LogP contribution in [0, 0.1) is 6.92 Å². The summed E-state index contributed by atoms with van der Waals surface area (Å²) in [4.78, 5) is 28.2. The van der Waals surface area contributed by atoms with Crippen LogP contribution < -0.4 is 10.9 Å². The second kappa shape index (κ2) is 3.94. The fourth-order valence-corrected chi connectivity index (χ4v) is 1.83. The zero-order valence-corrected chi connectivity index (χ0v) is 10.0. The van der Waals surface area contributed by atoms with Crippen LogP contribution in [0.3, 0.4) is 0 Å². The van der Waals surface area contributed by atoms with Gasteiger partial charge in [-0.2, -0.15) is 0 Å². The molecule has 1 aliphatic carbocycles. The third kappa shape index (κ3) is 1.88. The summed E-state index contributed by atoms with van der Waals surface area (Å²) in [6.07, 6.45) is 5.03. The molecule has 0 atom stereocenters. The molecule has 2 heterocycles. The molecule has 5 heteroatoms. The molecule has 2 aromatic rings. The van der Waals surface area contributed by atoms with Gasteiger partial charge in [0.15, 0.2) is 0 Å². The van der Waals surface area contributed by atoms with E-state index in [1.807, 2.05) is 13.0 Å². The number of hydrogen-bond donors (Lipinski definition) is 1. The molecule has 3 rings (SSSR count). The van der Waals surface area contributed by atoms with Crippen molar-refractivity contribution in [1.29, 1.82) is 0 Å². The van der Waals surface area contributed by atoms with Gasteiger partial charge in [-0.05, 0) is 31.4 Å². The monoisotopic (exact) mass is 243 g/mol. The highest BCUT2D eigenvalue weighted by Gasteiger charge is 2.25. The molecule has 0 bridgehead atoms. The van der Waals surface area contributed by atoms with Gasteiger partial charge in [-0.1, -0.05) is 6.07 Å². The van der Waals surface area contributed by atoms with E-state index in [2.05, 4.69) is 10.3 Å². The minimum absolute atomic E-state index is 0.102. The Hall–Kier alpha value is -2.17. The largest absolute Gasteiger partial charge is 0.349 e. The molecule has 1 aliphatic rings. The molecule has 2 aromatic heterocycles. The fraction of sp³-hybridized carbons (Fsp3) is 0.308. The minimum atomic E-state index is -0.328. The molecule has 1 saturated carbocycles. The van der Waals surface area contributed by atoms with Gasteiger partial charge in [-0.25, -0.2) is 4.98 Å². The number of aryl methyl sites for hydroxylation is 1. The summed E-state index contributed by atoms with van der Waals surface area (Å²) in [5.74, 6) is -0.328. The van der Waals surface area contributed by atoms with E-state index in [-0.39, 0.29) is 23.1 Å². The Balaban J connectivity index is 2.09. The molecule has 0 saturated heterocycles. The zero-order valence-electron chi connectivity index (χ0n) is 10.0. The van der Waals surface area contributed by atoms with Gasteiger partial charge < -0.3 is 5.32 Å². The number of carbonyl (C=O) groups is 1. The number of fused-ring (bicyclic) bond motifs is 1. The van der Waals surface area contributed by atoms with Gasteiger partial charge in [0.1, 0.15) is 11.2 Å². The standard InChI is InChI=1S/C13H13N3O2/c1-8-2-5-11-14-6-10(13(18)16(11)7-8)12(17)15-9-3-4-9/h2,5-7,9H,3-4H2,1H3,(H,15,17). The SMILES string of the molecule is Cc1ccc2ncc(C(=O)NC3CC3)c(=O)n2c1. The van der Waals surface area contributed by atoms with E-state index >= 15 is 0 Å². The molecule has 0 spiro atoms. The van der Waals surface area contributed by atoms with Crippen molar-refractivity contribution in [2.75, 3.05) is 0 Å². The molecular formula is C13H13N3O2. The van der Waals surface area contributed by atoms with Gasteiger partial charge >= 0.3 is 0 Å². The molecule has 0 unspecified atom stereocenters. The Morgan fingerprint density at radius 3 is 2.94 bits per heavy atom. The zero-order chi connectivity index (χ0) is 12.7.